The molecule has 104 valence electrons. The summed E-state index contributed by atoms with van der Waals surface area (Å²) in [6.45, 7) is 4.37. The maximum Gasteiger partial charge on any atom is 0.193 e. The Kier molecular flexibility index (Phi) is 4.53. The molecule has 0 saturated heterocycles. The summed E-state index contributed by atoms with van der Waals surface area (Å²) in [7, 11) is 0. The maximum atomic E-state index is 12.4. The normalized spacial score (nSPS) is 10.6. The molecule has 2 aromatic carbocycles. The van der Waals surface area contributed by atoms with E-state index in [4.69, 9.17) is 10.5 Å². The van der Waals surface area contributed by atoms with Crippen molar-refractivity contribution in [2.75, 3.05) is 0 Å². The van der Waals surface area contributed by atoms with Gasteiger partial charge in [-0.15, -0.1) is 0 Å². The topological polar surface area (TPSA) is 52.3 Å². The van der Waals surface area contributed by atoms with E-state index in [9.17, 15) is 4.79 Å². The molecular formula is C17H19NO2. The lowest BCUT2D eigenvalue weighted by molar-refractivity contribution is 0.103. The minimum Gasteiger partial charge on any atom is -0.491 e. The molecule has 0 aliphatic carbocycles. The summed E-state index contributed by atoms with van der Waals surface area (Å²) in [4.78, 5) is 12.4. The number of rotatable bonds is 5. The molecule has 2 N–H and O–H groups in total. The lowest BCUT2D eigenvalue weighted by Gasteiger charge is -2.10. The number of nitrogens with two attached hydrogens (primary N) is 1. The van der Waals surface area contributed by atoms with Crippen molar-refractivity contribution in [1.29, 1.82) is 0 Å². The van der Waals surface area contributed by atoms with Crippen molar-refractivity contribution in [3.8, 4) is 5.75 Å². The van der Waals surface area contributed by atoms with E-state index in [1.807, 2.05) is 44.2 Å². The summed E-state index contributed by atoms with van der Waals surface area (Å²) < 4.78 is 5.56. The van der Waals surface area contributed by atoms with E-state index in [1.165, 1.54) is 0 Å². The second-order valence-electron chi connectivity index (χ2n) is 4.92. The van der Waals surface area contributed by atoms with Crippen molar-refractivity contribution < 1.29 is 9.53 Å². The van der Waals surface area contributed by atoms with Crippen LogP contribution in [0, 0.1) is 0 Å². The number of ether oxygens (including phenoxy) is 1. The highest BCUT2D eigenvalue weighted by Gasteiger charge is 2.09. The van der Waals surface area contributed by atoms with Crippen LogP contribution in [0.25, 0.3) is 0 Å². The van der Waals surface area contributed by atoms with Gasteiger partial charge in [0, 0.05) is 17.7 Å². The van der Waals surface area contributed by atoms with Crippen molar-refractivity contribution in [3.05, 3.63) is 65.2 Å². The van der Waals surface area contributed by atoms with Gasteiger partial charge in [0.1, 0.15) is 5.75 Å². The minimum absolute atomic E-state index is 0.00334. The van der Waals surface area contributed by atoms with Crippen LogP contribution in [0.1, 0.15) is 35.3 Å². The molecule has 0 bridgehead atoms. The van der Waals surface area contributed by atoms with E-state index in [-0.39, 0.29) is 11.9 Å². The van der Waals surface area contributed by atoms with E-state index >= 15 is 0 Å². The molecule has 0 aromatic heterocycles. The van der Waals surface area contributed by atoms with E-state index < -0.39 is 0 Å². The van der Waals surface area contributed by atoms with Crippen LogP contribution in [-0.4, -0.2) is 11.9 Å². The summed E-state index contributed by atoms with van der Waals surface area (Å²) >= 11 is 0. The molecule has 0 spiro atoms. The van der Waals surface area contributed by atoms with Crippen LogP contribution in [-0.2, 0) is 6.54 Å². The molecule has 0 fully saturated rings. The zero-order valence-corrected chi connectivity index (χ0v) is 11.8. The van der Waals surface area contributed by atoms with Crippen LogP contribution < -0.4 is 10.5 Å². The maximum absolute atomic E-state index is 12.4. The highest BCUT2D eigenvalue weighted by molar-refractivity contribution is 6.09. The number of benzene rings is 2. The molecule has 0 saturated carbocycles. The Balaban J connectivity index is 2.20. The Bertz CT molecular complexity index is 588. The number of carbonyl (C=O) groups is 1. The van der Waals surface area contributed by atoms with Gasteiger partial charge in [-0.05, 0) is 49.7 Å². The van der Waals surface area contributed by atoms with Crippen LogP contribution in [0.3, 0.4) is 0 Å². The van der Waals surface area contributed by atoms with Crippen LogP contribution >= 0.6 is 0 Å². The summed E-state index contributed by atoms with van der Waals surface area (Å²) in [5.41, 5.74) is 7.86. The average Bonchev–Trinajstić information content (AvgIpc) is 2.47. The van der Waals surface area contributed by atoms with Gasteiger partial charge in [-0.2, -0.15) is 0 Å². The van der Waals surface area contributed by atoms with E-state index in [0.717, 1.165) is 11.3 Å². The zero-order chi connectivity index (χ0) is 14.5. The fourth-order valence-corrected chi connectivity index (χ4v) is 1.96. The largest absolute Gasteiger partial charge is 0.491 e. The van der Waals surface area contributed by atoms with E-state index in [2.05, 4.69) is 0 Å². The first kappa shape index (κ1) is 14.3. The molecule has 3 nitrogen and oxygen atoms in total. The lowest BCUT2D eigenvalue weighted by Crippen LogP contribution is -2.06. The standard InChI is InChI=1S/C17H19NO2/c1-12(2)20-16-8-6-14(7-9-16)17(19)15-5-3-4-13(10-15)11-18/h3-10,12H,11,18H2,1-2H3. The quantitative estimate of drug-likeness (QED) is 0.848. The van der Waals surface area contributed by atoms with Crippen molar-refractivity contribution >= 4 is 5.78 Å². The van der Waals surface area contributed by atoms with Crippen LogP contribution in [0.15, 0.2) is 48.5 Å². The van der Waals surface area contributed by atoms with Gasteiger partial charge < -0.3 is 10.5 Å². The molecule has 2 rings (SSSR count). The predicted octanol–water partition coefficient (Wildman–Crippen LogP) is 3.16. The molecule has 20 heavy (non-hydrogen) atoms. The van der Waals surface area contributed by atoms with Crippen LogP contribution in [0.4, 0.5) is 0 Å². The Morgan fingerprint density at radius 2 is 1.80 bits per heavy atom. The molecule has 0 aliphatic rings. The fraction of sp³-hybridized carbons (Fsp3) is 0.235. The summed E-state index contributed by atoms with van der Waals surface area (Å²) in [6, 6.07) is 14.6. The highest BCUT2D eigenvalue weighted by atomic mass is 16.5. The third-order valence-electron chi connectivity index (χ3n) is 2.91. The molecule has 0 radical (unpaired) electrons. The van der Waals surface area contributed by atoms with Gasteiger partial charge in [0.25, 0.3) is 0 Å². The number of hydrogen-bond acceptors (Lipinski definition) is 3. The lowest BCUT2D eigenvalue weighted by atomic mass is 10.0. The highest BCUT2D eigenvalue weighted by Crippen LogP contribution is 2.17. The minimum atomic E-state index is -0.00334. The fourth-order valence-electron chi connectivity index (χ4n) is 1.96. The van der Waals surface area contributed by atoms with Crippen molar-refractivity contribution in [2.24, 2.45) is 5.73 Å². The molecule has 2 aromatic rings. The van der Waals surface area contributed by atoms with Gasteiger partial charge in [0.15, 0.2) is 5.78 Å². The van der Waals surface area contributed by atoms with Crippen molar-refractivity contribution in [2.45, 2.75) is 26.5 Å². The third-order valence-corrected chi connectivity index (χ3v) is 2.91. The van der Waals surface area contributed by atoms with Crippen molar-refractivity contribution in [3.63, 3.8) is 0 Å². The average molecular weight is 269 g/mol. The number of carbonyl (C=O) groups excluding carboxylic acids is 1. The first-order valence-electron chi connectivity index (χ1n) is 6.70. The van der Waals surface area contributed by atoms with Gasteiger partial charge in [0.05, 0.1) is 6.10 Å². The number of hydrogen-bond donors (Lipinski definition) is 1. The van der Waals surface area contributed by atoms with E-state index in [0.29, 0.717) is 17.7 Å². The third kappa shape index (κ3) is 3.45. The molecule has 0 amide bonds. The van der Waals surface area contributed by atoms with Gasteiger partial charge >= 0.3 is 0 Å². The Morgan fingerprint density at radius 3 is 2.40 bits per heavy atom. The van der Waals surface area contributed by atoms with Crippen LogP contribution in [0.5, 0.6) is 5.75 Å². The first-order valence-corrected chi connectivity index (χ1v) is 6.70. The zero-order valence-electron chi connectivity index (χ0n) is 11.8. The molecule has 3 heteroatoms. The Hall–Kier alpha value is -2.13. The predicted molar refractivity (Wildman–Crippen MR) is 80.0 cm³/mol. The smallest absolute Gasteiger partial charge is 0.193 e. The molecule has 0 atom stereocenters. The summed E-state index contributed by atoms with van der Waals surface area (Å²) in [5, 5.41) is 0. The Morgan fingerprint density at radius 1 is 1.10 bits per heavy atom. The summed E-state index contributed by atoms with van der Waals surface area (Å²) in [5.74, 6) is 0.767. The monoisotopic (exact) mass is 269 g/mol. The van der Waals surface area contributed by atoms with Gasteiger partial charge in [-0.25, -0.2) is 0 Å². The van der Waals surface area contributed by atoms with Gasteiger partial charge in [-0.3, -0.25) is 4.79 Å². The molecule has 0 unspecified atom stereocenters. The van der Waals surface area contributed by atoms with Crippen molar-refractivity contribution in [1.82, 2.24) is 0 Å². The second kappa shape index (κ2) is 6.35. The van der Waals surface area contributed by atoms with E-state index in [1.54, 1.807) is 18.2 Å². The van der Waals surface area contributed by atoms with Crippen LogP contribution in [0.2, 0.25) is 0 Å². The Labute approximate surface area is 119 Å². The number of ketones is 1. The SMILES string of the molecule is CC(C)Oc1ccc(C(=O)c2cccc(CN)c2)cc1. The first-order chi connectivity index (χ1) is 9.60. The molecule has 0 aliphatic heterocycles. The summed E-state index contributed by atoms with van der Waals surface area (Å²) in [6.07, 6.45) is 0.123. The van der Waals surface area contributed by atoms with Gasteiger partial charge in [0.2, 0.25) is 0 Å². The second-order valence-corrected chi connectivity index (χ2v) is 4.92. The molecular weight excluding hydrogens is 250 g/mol. The molecule has 0 heterocycles. The van der Waals surface area contributed by atoms with Gasteiger partial charge in [-0.1, -0.05) is 18.2 Å².